The lowest BCUT2D eigenvalue weighted by atomic mass is 10.1. The van der Waals surface area contributed by atoms with Crippen LogP contribution in [0.2, 0.25) is 0 Å². The maximum Gasteiger partial charge on any atom is 0.257 e. The largest absolute Gasteiger partial charge is 0.494 e. The molecule has 2 aromatic carbocycles. The van der Waals surface area contributed by atoms with Crippen molar-refractivity contribution >= 4 is 44.0 Å². The molecule has 1 aliphatic heterocycles. The number of nitrogens with zero attached hydrogens (tertiary/aromatic N) is 2. The van der Waals surface area contributed by atoms with Crippen molar-refractivity contribution in [2.45, 2.75) is 6.92 Å². The average molecular weight is 413 g/mol. The Morgan fingerprint density at radius 1 is 1.24 bits per heavy atom. The molecule has 2 N–H and O–H groups in total. The Balaban J connectivity index is 1.69. The summed E-state index contributed by atoms with van der Waals surface area (Å²) in [5, 5.41) is 6.63. The van der Waals surface area contributed by atoms with Crippen molar-refractivity contribution in [1.29, 1.82) is 0 Å². The van der Waals surface area contributed by atoms with E-state index in [1.54, 1.807) is 7.11 Å². The molecule has 0 spiro atoms. The number of carbonyl (C=O) groups excluding carboxylic acids is 1. The van der Waals surface area contributed by atoms with Crippen LogP contribution in [0, 0.1) is 6.92 Å². The third kappa shape index (κ3) is 3.73. The molecule has 1 aliphatic rings. The number of ether oxygens (including phenoxy) is 2. The number of methoxy groups -OCH3 is 1. The third-order valence-corrected chi connectivity index (χ3v) is 6.12. The van der Waals surface area contributed by atoms with Crippen LogP contribution in [0.5, 0.6) is 5.75 Å². The van der Waals surface area contributed by atoms with Crippen LogP contribution < -0.4 is 20.3 Å². The molecule has 0 saturated carbocycles. The number of carbonyl (C=O) groups is 1. The quantitative estimate of drug-likeness (QED) is 0.665. The maximum atomic E-state index is 12.9. The number of benzene rings is 2. The van der Waals surface area contributed by atoms with Gasteiger partial charge in [0.15, 0.2) is 5.13 Å². The van der Waals surface area contributed by atoms with Crippen molar-refractivity contribution in [3.05, 3.63) is 41.5 Å². The van der Waals surface area contributed by atoms with Gasteiger partial charge in [0, 0.05) is 31.4 Å². The molecular weight excluding hydrogens is 388 g/mol. The minimum absolute atomic E-state index is 0.175. The fraction of sp³-hybridized carbons (Fsp3) is 0.333. The van der Waals surface area contributed by atoms with Gasteiger partial charge in [0.1, 0.15) is 11.3 Å². The lowest BCUT2D eigenvalue weighted by Crippen LogP contribution is -2.36. The van der Waals surface area contributed by atoms with E-state index in [1.165, 1.54) is 11.3 Å². The summed E-state index contributed by atoms with van der Waals surface area (Å²) in [4.78, 5) is 19.8. The molecule has 0 aliphatic carbocycles. The second-order valence-electron chi connectivity index (χ2n) is 6.77. The lowest BCUT2D eigenvalue weighted by Gasteiger charge is -2.29. The average Bonchev–Trinajstić information content (AvgIpc) is 3.17. The van der Waals surface area contributed by atoms with E-state index in [4.69, 9.17) is 9.47 Å². The molecule has 0 bridgehead atoms. The number of anilines is 3. The molecule has 1 saturated heterocycles. The van der Waals surface area contributed by atoms with Crippen molar-refractivity contribution in [3.8, 4) is 5.75 Å². The normalized spacial score (nSPS) is 14.1. The van der Waals surface area contributed by atoms with E-state index < -0.39 is 0 Å². The Labute approximate surface area is 173 Å². The number of hydrogen-bond acceptors (Lipinski definition) is 7. The zero-order valence-corrected chi connectivity index (χ0v) is 17.6. The SMILES string of the molecule is CNc1cccc(C(=O)Nc2nc3c(OC)ccc(N4CCOCC4)c3s2)c1C. The van der Waals surface area contributed by atoms with Gasteiger partial charge in [-0.2, -0.15) is 0 Å². The Bertz CT molecular complexity index is 1040. The summed E-state index contributed by atoms with van der Waals surface area (Å²) in [6.07, 6.45) is 0. The number of morpholine rings is 1. The first kappa shape index (κ1) is 19.5. The fourth-order valence-corrected chi connectivity index (χ4v) is 4.58. The van der Waals surface area contributed by atoms with Crippen LogP contribution in [-0.2, 0) is 4.74 Å². The number of aromatic nitrogens is 1. The molecular formula is C21H24N4O3S. The molecule has 1 fully saturated rings. The number of hydrogen-bond donors (Lipinski definition) is 2. The molecule has 0 atom stereocenters. The molecule has 7 nitrogen and oxygen atoms in total. The molecule has 29 heavy (non-hydrogen) atoms. The summed E-state index contributed by atoms with van der Waals surface area (Å²) < 4.78 is 12.0. The van der Waals surface area contributed by atoms with E-state index in [-0.39, 0.29) is 5.91 Å². The predicted molar refractivity (Wildman–Crippen MR) is 118 cm³/mol. The number of thiazole rings is 1. The number of nitrogens with one attached hydrogen (secondary N) is 2. The first-order valence-electron chi connectivity index (χ1n) is 9.51. The summed E-state index contributed by atoms with van der Waals surface area (Å²) in [5.41, 5.74) is 4.31. The van der Waals surface area contributed by atoms with Gasteiger partial charge in [-0.1, -0.05) is 17.4 Å². The standard InChI is InChI=1S/C21H24N4O3S/c1-13-14(5-4-6-15(13)22-2)20(26)24-21-23-18-17(27-3)8-7-16(19(18)29-21)25-9-11-28-12-10-25/h4-8,22H,9-12H2,1-3H3,(H,23,24,26). The van der Waals surface area contributed by atoms with Crippen LogP contribution in [0.4, 0.5) is 16.5 Å². The van der Waals surface area contributed by atoms with Gasteiger partial charge in [0.05, 0.1) is 30.7 Å². The van der Waals surface area contributed by atoms with E-state index in [1.807, 2.05) is 38.2 Å². The van der Waals surface area contributed by atoms with Gasteiger partial charge in [-0.25, -0.2) is 4.98 Å². The molecule has 1 aromatic heterocycles. The molecule has 0 radical (unpaired) electrons. The summed E-state index contributed by atoms with van der Waals surface area (Å²) in [6.45, 7) is 5.00. The number of rotatable bonds is 5. The van der Waals surface area contributed by atoms with Crippen LogP contribution in [-0.4, -0.2) is 51.4 Å². The summed E-state index contributed by atoms with van der Waals surface area (Å²) >= 11 is 1.46. The second kappa shape index (κ2) is 8.26. The highest BCUT2D eigenvalue weighted by Crippen LogP contribution is 2.39. The molecule has 3 aromatic rings. The van der Waals surface area contributed by atoms with Crippen LogP contribution >= 0.6 is 11.3 Å². The molecule has 0 unspecified atom stereocenters. The molecule has 2 heterocycles. The van der Waals surface area contributed by atoms with E-state index in [0.717, 1.165) is 40.2 Å². The molecule has 152 valence electrons. The fourth-order valence-electron chi connectivity index (χ4n) is 3.56. The van der Waals surface area contributed by atoms with Crippen LogP contribution in [0.3, 0.4) is 0 Å². The highest BCUT2D eigenvalue weighted by molar-refractivity contribution is 7.23. The van der Waals surface area contributed by atoms with E-state index in [2.05, 4.69) is 26.6 Å². The van der Waals surface area contributed by atoms with Crippen LogP contribution in [0.15, 0.2) is 30.3 Å². The number of amides is 1. The van der Waals surface area contributed by atoms with Gasteiger partial charge in [0.2, 0.25) is 0 Å². The van der Waals surface area contributed by atoms with Gasteiger partial charge in [-0.3, -0.25) is 10.1 Å². The monoisotopic (exact) mass is 412 g/mol. The van der Waals surface area contributed by atoms with Crippen molar-refractivity contribution < 1.29 is 14.3 Å². The first-order chi connectivity index (χ1) is 14.1. The topological polar surface area (TPSA) is 75.7 Å². The van der Waals surface area contributed by atoms with Crippen LogP contribution in [0.25, 0.3) is 10.2 Å². The van der Waals surface area contributed by atoms with Crippen molar-refractivity contribution in [3.63, 3.8) is 0 Å². The molecule has 1 amide bonds. The minimum Gasteiger partial charge on any atom is -0.494 e. The van der Waals surface area contributed by atoms with E-state index >= 15 is 0 Å². The van der Waals surface area contributed by atoms with E-state index in [0.29, 0.717) is 29.7 Å². The van der Waals surface area contributed by atoms with Crippen molar-refractivity contribution in [1.82, 2.24) is 4.98 Å². The maximum absolute atomic E-state index is 12.9. The lowest BCUT2D eigenvalue weighted by molar-refractivity contribution is 0.102. The highest BCUT2D eigenvalue weighted by atomic mass is 32.1. The summed E-state index contributed by atoms with van der Waals surface area (Å²) in [5.74, 6) is 0.521. The van der Waals surface area contributed by atoms with Gasteiger partial charge in [0.25, 0.3) is 5.91 Å². The molecule has 8 heteroatoms. The van der Waals surface area contributed by atoms with Gasteiger partial charge >= 0.3 is 0 Å². The van der Waals surface area contributed by atoms with E-state index in [9.17, 15) is 4.79 Å². The Morgan fingerprint density at radius 2 is 2.03 bits per heavy atom. The third-order valence-electron chi connectivity index (χ3n) is 5.13. The minimum atomic E-state index is -0.175. The van der Waals surface area contributed by atoms with Crippen LogP contribution in [0.1, 0.15) is 15.9 Å². The predicted octanol–water partition coefficient (Wildman–Crippen LogP) is 3.74. The Morgan fingerprint density at radius 3 is 2.76 bits per heavy atom. The summed E-state index contributed by atoms with van der Waals surface area (Å²) in [6, 6.07) is 9.61. The van der Waals surface area contributed by atoms with Crippen molar-refractivity contribution in [2.75, 3.05) is 56.0 Å². The first-order valence-corrected chi connectivity index (χ1v) is 10.3. The van der Waals surface area contributed by atoms with Gasteiger partial charge in [-0.15, -0.1) is 0 Å². The van der Waals surface area contributed by atoms with Gasteiger partial charge < -0.3 is 19.7 Å². The smallest absolute Gasteiger partial charge is 0.257 e. The summed E-state index contributed by atoms with van der Waals surface area (Å²) in [7, 11) is 3.48. The zero-order chi connectivity index (χ0) is 20.4. The Kier molecular flexibility index (Phi) is 5.55. The number of fused-ring (bicyclic) bond motifs is 1. The van der Waals surface area contributed by atoms with Crippen molar-refractivity contribution in [2.24, 2.45) is 0 Å². The zero-order valence-electron chi connectivity index (χ0n) is 16.7. The second-order valence-corrected chi connectivity index (χ2v) is 7.76. The van der Waals surface area contributed by atoms with Gasteiger partial charge in [-0.05, 0) is 36.8 Å². The Hall–Kier alpha value is -2.84. The molecule has 4 rings (SSSR count). The highest BCUT2D eigenvalue weighted by Gasteiger charge is 2.20.